The molecule has 0 spiro atoms. The number of hydrogen-bond donors (Lipinski definition) is 1. The molecule has 0 aliphatic carbocycles. The smallest absolute Gasteiger partial charge is 0.313 e. The summed E-state index contributed by atoms with van der Waals surface area (Å²) in [6, 6.07) is 0. The summed E-state index contributed by atoms with van der Waals surface area (Å²) < 4.78 is 3.49. The summed E-state index contributed by atoms with van der Waals surface area (Å²) in [4.78, 5) is 10.5. The zero-order valence-electron chi connectivity index (χ0n) is 10.3. The van der Waals surface area contributed by atoms with Crippen molar-refractivity contribution in [1.82, 2.24) is 24.5 Å². The molecule has 7 nitrogen and oxygen atoms in total. The lowest BCUT2D eigenvalue weighted by Gasteiger charge is -2.01. The van der Waals surface area contributed by atoms with Gasteiger partial charge in [-0.25, -0.2) is 0 Å². The van der Waals surface area contributed by atoms with Gasteiger partial charge in [0.2, 0.25) is 0 Å². The van der Waals surface area contributed by atoms with Gasteiger partial charge in [-0.05, 0) is 6.92 Å². The minimum absolute atomic E-state index is 0.0298. The van der Waals surface area contributed by atoms with Crippen molar-refractivity contribution in [2.45, 2.75) is 12.1 Å². The summed E-state index contributed by atoms with van der Waals surface area (Å²) in [7, 11) is 3.65. The first kappa shape index (κ1) is 12.6. The van der Waals surface area contributed by atoms with E-state index in [1.165, 1.54) is 0 Å². The van der Waals surface area contributed by atoms with Gasteiger partial charge in [-0.15, -0.1) is 10.2 Å². The normalized spacial score (nSPS) is 10.8. The number of thioether (sulfide) groups is 1. The van der Waals surface area contributed by atoms with Gasteiger partial charge in [-0.1, -0.05) is 11.8 Å². The largest absolute Gasteiger partial charge is 0.481 e. The molecular weight excluding hydrogens is 254 g/mol. The van der Waals surface area contributed by atoms with Crippen LogP contribution in [0.5, 0.6) is 0 Å². The highest BCUT2D eigenvalue weighted by Crippen LogP contribution is 2.24. The Hall–Kier alpha value is -1.83. The highest BCUT2D eigenvalue weighted by molar-refractivity contribution is 7.99. The first-order valence-electron chi connectivity index (χ1n) is 5.23. The number of aromatic nitrogens is 5. The molecular formula is C10H13N5O2S. The van der Waals surface area contributed by atoms with E-state index in [0.29, 0.717) is 11.0 Å². The van der Waals surface area contributed by atoms with Gasteiger partial charge < -0.3 is 9.67 Å². The van der Waals surface area contributed by atoms with Crippen molar-refractivity contribution in [2.75, 3.05) is 5.75 Å². The monoisotopic (exact) mass is 267 g/mol. The number of carboxylic acid groups (broad SMARTS) is 1. The summed E-state index contributed by atoms with van der Waals surface area (Å²) in [6.45, 7) is 1.90. The molecule has 1 N–H and O–H groups in total. The summed E-state index contributed by atoms with van der Waals surface area (Å²) in [5, 5.41) is 21.5. The molecule has 2 rings (SSSR count). The molecule has 0 unspecified atom stereocenters. The maximum Gasteiger partial charge on any atom is 0.313 e. The molecule has 96 valence electrons. The van der Waals surface area contributed by atoms with Crippen LogP contribution in [0.4, 0.5) is 0 Å². The topological polar surface area (TPSA) is 85.8 Å². The van der Waals surface area contributed by atoms with Gasteiger partial charge in [0.15, 0.2) is 11.0 Å². The third-order valence-corrected chi connectivity index (χ3v) is 3.42. The fourth-order valence-corrected chi connectivity index (χ4v) is 2.25. The van der Waals surface area contributed by atoms with Crippen molar-refractivity contribution in [3.63, 3.8) is 0 Å². The predicted octanol–water partition coefficient (Wildman–Crippen LogP) is 0.701. The second-order valence-electron chi connectivity index (χ2n) is 3.85. The van der Waals surface area contributed by atoms with Crippen LogP contribution in [0, 0.1) is 6.92 Å². The van der Waals surface area contributed by atoms with Crippen molar-refractivity contribution in [3.8, 4) is 11.4 Å². The van der Waals surface area contributed by atoms with Crippen molar-refractivity contribution in [3.05, 3.63) is 11.9 Å². The Morgan fingerprint density at radius 2 is 2.17 bits per heavy atom. The molecule has 0 aromatic carbocycles. The molecule has 2 heterocycles. The van der Waals surface area contributed by atoms with Gasteiger partial charge >= 0.3 is 5.97 Å². The summed E-state index contributed by atoms with van der Waals surface area (Å²) in [5.41, 5.74) is 1.76. The van der Waals surface area contributed by atoms with E-state index in [4.69, 9.17) is 5.11 Å². The van der Waals surface area contributed by atoms with Crippen LogP contribution < -0.4 is 0 Å². The maximum atomic E-state index is 10.5. The SMILES string of the molecule is Cc1nn(C)cc1-c1nnc(SCC(=O)O)n1C. The number of carboxylic acids is 1. The van der Waals surface area contributed by atoms with Gasteiger partial charge in [-0.3, -0.25) is 9.48 Å². The van der Waals surface area contributed by atoms with Gasteiger partial charge in [-0.2, -0.15) is 5.10 Å². The number of hydrogen-bond acceptors (Lipinski definition) is 5. The van der Waals surface area contributed by atoms with Crippen LogP contribution >= 0.6 is 11.8 Å². The second kappa shape index (κ2) is 4.81. The minimum Gasteiger partial charge on any atom is -0.481 e. The van der Waals surface area contributed by atoms with Crippen molar-refractivity contribution >= 4 is 17.7 Å². The molecule has 2 aromatic heterocycles. The molecule has 8 heteroatoms. The summed E-state index contributed by atoms with van der Waals surface area (Å²) in [6.07, 6.45) is 1.87. The number of aliphatic carboxylic acids is 1. The first-order valence-corrected chi connectivity index (χ1v) is 6.22. The van der Waals surface area contributed by atoms with E-state index in [1.54, 1.807) is 9.25 Å². The van der Waals surface area contributed by atoms with E-state index in [9.17, 15) is 4.79 Å². The van der Waals surface area contributed by atoms with Crippen LogP contribution in [0.1, 0.15) is 5.69 Å². The zero-order chi connectivity index (χ0) is 13.3. The molecule has 0 aliphatic rings. The predicted molar refractivity (Wildman–Crippen MR) is 66.3 cm³/mol. The maximum absolute atomic E-state index is 10.5. The molecule has 0 saturated carbocycles. The molecule has 0 amide bonds. The van der Waals surface area contributed by atoms with Gasteiger partial charge in [0.25, 0.3) is 0 Å². The number of nitrogens with zero attached hydrogens (tertiary/aromatic N) is 5. The van der Waals surface area contributed by atoms with E-state index >= 15 is 0 Å². The van der Waals surface area contributed by atoms with Crippen LogP contribution in [-0.2, 0) is 18.9 Å². The van der Waals surface area contributed by atoms with Crippen LogP contribution in [0.3, 0.4) is 0 Å². The molecule has 0 fully saturated rings. The van der Waals surface area contributed by atoms with E-state index in [-0.39, 0.29) is 5.75 Å². The Morgan fingerprint density at radius 1 is 1.44 bits per heavy atom. The Morgan fingerprint density at radius 3 is 2.72 bits per heavy atom. The molecule has 2 aromatic rings. The van der Waals surface area contributed by atoms with Crippen LogP contribution in [0.2, 0.25) is 0 Å². The third kappa shape index (κ3) is 2.37. The van der Waals surface area contributed by atoms with E-state index in [2.05, 4.69) is 15.3 Å². The molecule has 0 atom stereocenters. The molecule has 18 heavy (non-hydrogen) atoms. The molecule has 0 aliphatic heterocycles. The van der Waals surface area contributed by atoms with Gasteiger partial charge in [0.1, 0.15) is 0 Å². The molecule has 0 radical (unpaired) electrons. The van der Waals surface area contributed by atoms with Crippen LogP contribution in [-0.4, -0.2) is 41.4 Å². The van der Waals surface area contributed by atoms with Gasteiger partial charge in [0, 0.05) is 20.3 Å². The van der Waals surface area contributed by atoms with Crippen molar-refractivity contribution in [2.24, 2.45) is 14.1 Å². The fourth-order valence-electron chi connectivity index (χ4n) is 1.62. The van der Waals surface area contributed by atoms with Crippen molar-refractivity contribution in [1.29, 1.82) is 0 Å². The first-order chi connectivity index (χ1) is 8.49. The Kier molecular flexibility index (Phi) is 3.37. The third-order valence-electron chi connectivity index (χ3n) is 2.41. The zero-order valence-corrected chi connectivity index (χ0v) is 11.1. The second-order valence-corrected chi connectivity index (χ2v) is 4.79. The Bertz CT molecular complexity index is 589. The average molecular weight is 267 g/mol. The molecule has 0 saturated heterocycles. The lowest BCUT2D eigenvalue weighted by molar-refractivity contribution is -0.133. The molecule has 0 bridgehead atoms. The number of aryl methyl sites for hydroxylation is 2. The lowest BCUT2D eigenvalue weighted by Crippen LogP contribution is -2.01. The van der Waals surface area contributed by atoms with Gasteiger partial charge in [0.05, 0.1) is 17.0 Å². The average Bonchev–Trinajstić information content (AvgIpc) is 2.79. The van der Waals surface area contributed by atoms with E-state index in [0.717, 1.165) is 23.0 Å². The number of carbonyl (C=O) groups is 1. The van der Waals surface area contributed by atoms with E-state index < -0.39 is 5.97 Å². The quantitative estimate of drug-likeness (QED) is 0.821. The summed E-state index contributed by atoms with van der Waals surface area (Å²) >= 11 is 1.15. The lowest BCUT2D eigenvalue weighted by atomic mass is 10.2. The van der Waals surface area contributed by atoms with Crippen molar-refractivity contribution < 1.29 is 9.90 Å². The van der Waals surface area contributed by atoms with Crippen LogP contribution in [0.25, 0.3) is 11.4 Å². The van der Waals surface area contributed by atoms with Crippen LogP contribution in [0.15, 0.2) is 11.4 Å². The highest BCUT2D eigenvalue weighted by atomic mass is 32.2. The Labute approximate surface area is 108 Å². The standard InChI is InChI=1S/C10H13N5O2S/c1-6-7(4-14(2)13-6)9-11-12-10(15(9)3)18-5-8(16)17/h4H,5H2,1-3H3,(H,16,17). The summed E-state index contributed by atoms with van der Waals surface area (Å²) in [5.74, 6) is -0.214. The van der Waals surface area contributed by atoms with E-state index in [1.807, 2.05) is 27.2 Å². The fraction of sp³-hybridized carbons (Fsp3) is 0.400. The Balaban J connectivity index is 2.30. The number of rotatable bonds is 4. The minimum atomic E-state index is -0.873. The highest BCUT2D eigenvalue weighted by Gasteiger charge is 2.15.